The highest BCUT2D eigenvalue weighted by Gasteiger charge is 2.39. The van der Waals surface area contributed by atoms with Crippen molar-refractivity contribution in [2.45, 2.75) is 44.6 Å². The van der Waals surface area contributed by atoms with E-state index in [2.05, 4.69) is 19.8 Å². The Morgan fingerprint density at radius 2 is 2.05 bits per heavy atom. The third-order valence-electron chi connectivity index (χ3n) is 4.19. The molecule has 2 aromatic rings. The molecule has 0 aromatic carbocycles. The van der Waals surface area contributed by atoms with Crippen LogP contribution in [-0.2, 0) is 10.3 Å². The average Bonchev–Trinajstić information content (AvgIpc) is 3.14. The molecule has 6 nitrogen and oxygen atoms in total. The lowest BCUT2D eigenvalue weighted by atomic mass is 9.84. The molecule has 2 heterocycles. The molecule has 0 bridgehead atoms. The fourth-order valence-corrected chi connectivity index (χ4v) is 3.68. The molecule has 0 unspecified atom stereocenters. The van der Waals surface area contributed by atoms with E-state index in [1.807, 2.05) is 14.0 Å². The SMILES string of the molecule is CNc1snc(C)c1-c1nc(C2(OC)CCCCC2)no1. The molecular formula is C14H20N4O2S. The first-order valence-corrected chi connectivity index (χ1v) is 8.01. The summed E-state index contributed by atoms with van der Waals surface area (Å²) >= 11 is 1.40. The quantitative estimate of drug-likeness (QED) is 0.933. The number of anilines is 1. The topological polar surface area (TPSA) is 73.1 Å². The van der Waals surface area contributed by atoms with Crippen molar-refractivity contribution in [1.29, 1.82) is 0 Å². The third-order valence-corrected chi connectivity index (χ3v) is 5.15. The molecule has 0 saturated heterocycles. The molecule has 114 valence electrons. The van der Waals surface area contributed by atoms with Crippen molar-refractivity contribution >= 4 is 16.5 Å². The largest absolute Gasteiger partial charge is 0.378 e. The predicted molar refractivity (Wildman–Crippen MR) is 81.5 cm³/mol. The van der Waals surface area contributed by atoms with E-state index in [0.717, 1.165) is 41.9 Å². The third kappa shape index (κ3) is 2.44. The second-order valence-electron chi connectivity index (χ2n) is 5.40. The van der Waals surface area contributed by atoms with Crippen LogP contribution in [0.4, 0.5) is 5.00 Å². The Morgan fingerprint density at radius 1 is 1.29 bits per heavy atom. The van der Waals surface area contributed by atoms with Crippen molar-refractivity contribution in [3.05, 3.63) is 11.5 Å². The minimum absolute atomic E-state index is 0.392. The second-order valence-corrected chi connectivity index (χ2v) is 6.18. The fourth-order valence-electron chi connectivity index (χ4n) is 2.94. The van der Waals surface area contributed by atoms with Gasteiger partial charge in [0, 0.05) is 14.2 Å². The van der Waals surface area contributed by atoms with E-state index in [-0.39, 0.29) is 0 Å². The van der Waals surface area contributed by atoms with E-state index in [0.29, 0.717) is 11.7 Å². The Labute approximate surface area is 128 Å². The van der Waals surface area contributed by atoms with Gasteiger partial charge in [0.05, 0.1) is 11.3 Å². The summed E-state index contributed by atoms with van der Waals surface area (Å²) in [6.45, 7) is 1.95. The van der Waals surface area contributed by atoms with Crippen molar-refractivity contribution < 1.29 is 9.26 Å². The minimum Gasteiger partial charge on any atom is -0.378 e. The number of nitrogens with zero attached hydrogens (tertiary/aromatic N) is 3. The van der Waals surface area contributed by atoms with Gasteiger partial charge in [0.2, 0.25) is 5.82 Å². The lowest BCUT2D eigenvalue weighted by Crippen LogP contribution is -2.32. The second kappa shape index (κ2) is 5.73. The number of nitrogens with one attached hydrogen (secondary N) is 1. The van der Waals surface area contributed by atoms with E-state index in [1.54, 1.807) is 7.11 Å². The van der Waals surface area contributed by atoms with Gasteiger partial charge in [0.25, 0.3) is 5.89 Å². The maximum Gasteiger partial charge on any atom is 0.262 e. The standard InChI is InChI=1S/C14H20N4O2S/c1-9-10(12(15-2)21-18-9)11-16-13(17-20-11)14(19-3)7-5-4-6-8-14/h15H,4-8H2,1-3H3. The molecule has 1 aliphatic rings. The maximum absolute atomic E-state index is 5.77. The molecule has 0 aliphatic heterocycles. The van der Waals surface area contributed by atoms with Crippen molar-refractivity contribution in [2.75, 3.05) is 19.5 Å². The molecule has 7 heteroatoms. The van der Waals surface area contributed by atoms with E-state index >= 15 is 0 Å². The fraction of sp³-hybridized carbons (Fsp3) is 0.643. The number of ether oxygens (including phenoxy) is 1. The molecule has 2 aromatic heterocycles. The molecule has 0 atom stereocenters. The molecule has 1 saturated carbocycles. The van der Waals surface area contributed by atoms with E-state index in [4.69, 9.17) is 9.26 Å². The molecule has 1 fully saturated rings. The van der Waals surface area contributed by atoms with Crippen molar-refractivity contribution in [3.63, 3.8) is 0 Å². The summed E-state index contributed by atoms with van der Waals surface area (Å²) in [5.74, 6) is 1.18. The van der Waals surface area contributed by atoms with Crippen LogP contribution in [0.15, 0.2) is 4.52 Å². The lowest BCUT2D eigenvalue weighted by Gasteiger charge is -2.32. The van der Waals surface area contributed by atoms with Crippen molar-refractivity contribution in [3.8, 4) is 11.5 Å². The average molecular weight is 308 g/mol. The van der Waals surface area contributed by atoms with Gasteiger partial charge in [-0.05, 0) is 31.3 Å². The smallest absolute Gasteiger partial charge is 0.262 e. The summed E-state index contributed by atoms with van der Waals surface area (Å²) in [6, 6.07) is 0. The van der Waals surface area contributed by atoms with Gasteiger partial charge in [0.1, 0.15) is 10.6 Å². The van der Waals surface area contributed by atoms with Crippen LogP contribution in [0.25, 0.3) is 11.5 Å². The van der Waals surface area contributed by atoms with Gasteiger partial charge in [-0.1, -0.05) is 24.4 Å². The van der Waals surface area contributed by atoms with E-state index in [9.17, 15) is 0 Å². The van der Waals surface area contributed by atoms with Gasteiger partial charge in [-0.15, -0.1) is 0 Å². The number of rotatable bonds is 4. The highest BCUT2D eigenvalue weighted by atomic mass is 32.1. The zero-order valence-corrected chi connectivity index (χ0v) is 13.4. The van der Waals surface area contributed by atoms with E-state index in [1.165, 1.54) is 18.0 Å². The summed E-state index contributed by atoms with van der Waals surface area (Å²) in [4.78, 5) is 4.61. The van der Waals surface area contributed by atoms with Crippen LogP contribution in [0.3, 0.4) is 0 Å². The molecule has 0 spiro atoms. The van der Waals surface area contributed by atoms with Crippen molar-refractivity contribution in [1.82, 2.24) is 14.5 Å². The van der Waals surface area contributed by atoms with E-state index < -0.39 is 5.60 Å². The molecule has 1 aliphatic carbocycles. The van der Waals surface area contributed by atoms with Gasteiger partial charge in [-0.25, -0.2) is 0 Å². The summed E-state index contributed by atoms with van der Waals surface area (Å²) in [7, 11) is 3.60. The first-order valence-electron chi connectivity index (χ1n) is 7.24. The zero-order chi connectivity index (χ0) is 14.9. The molecular weight excluding hydrogens is 288 g/mol. The number of hydrogen-bond donors (Lipinski definition) is 1. The van der Waals surface area contributed by atoms with Gasteiger partial charge in [0.15, 0.2) is 0 Å². The van der Waals surface area contributed by atoms with Crippen molar-refractivity contribution in [2.24, 2.45) is 0 Å². The molecule has 1 N–H and O–H groups in total. The van der Waals surface area contributed by atoms with Crippen LogP contribution in [0.2, 0.25) is 0 Å². The first-order chi connectivity index (χ1) is 10.2. The number of hydrogen-bond acceptors (Lipinski definition) is 7. The van der Waals surface area contributed by atoms with Gasteiger partial charge in [-0.2, -0.15) is 9.36 Å². The maximum atomic E-state index is 5.77. The Hall–Kier alpha value is -1.47. The summed E-state index contributed by atoms with van der Waals surface area (Å²) in [6.07, 6.45) is 5.41. The minimum atomic E-state index is -0.392. The first kappa shape index (κ1) is 14.5. The van der Waals surface area contributed by atoms with Crippen LogP contribution in [-0.4, -0.2) is 28.7 Å². The van der Waals surface area contributed by atoms with Gasteiger partial charge in [-0.3, -0.25) is 0 Å². The molecule has 21 heavy (non-hydrogen) atoms. The van der Waals surface area contributed by atoms with Crippen LogP contribution in [0.1, 0.15) is 43.6 Å². The van der Waals surface area contributed by atoms with Gasteiger partial charge >= 0.3 is 0 Å². The van der Waals surface area contributed by atoms with Crippen LogP contribution < -0.4 is 5.32 Å². The van der Waals surface area contributed by atoms with Crippen LogP contribution in [0.5, 0.6) is 0 Å². The highest BCUT2D eigenvalue weighted by molar-refractivity contribution is 7.10. The Kier molecular flexibility index (Phi) is 3.95. The van der Waals surface area contributed by atoms with Gasteiger partial charge < -0.3 is 14.6 Å². The van der Waals surface area contributed by atoms with Crippen LogP contribution >= 0.6 is 11.5 Å². The predicted octanol–water partition coefficient (Wildman–Crippen LogP) is 3.35. The van der Waals surface area contributed by atoms with Crippen LogP contribution in [0, 0.1) is 6.92 Å². The molecule has 0 radical (unpaired) electrons. The number of aromatic nitrogens is 3. The summed E-state index contributed by atoms with van der Waals surface area (Å²) in [5, 5.41) is 8.26. The highest BCUT2D eigenvalue weighted by Crippen LogP contribution is 2.40. The Balaban J connectivity index is 1.97. The normalized spacial score (nSPS) is 17.9. The summed E-state index contributed by atoms with van der Waals surface area (Å²) in [5.41, 5.74) is 1.40. The molecule has 3 rings (SSSR count). The lowest BCUT2D eigenvalue weighted by molar-refractivity contribution is -0.0527. The summed E-state index contributed by atoms with van der Waals surface area (Å²) < 4.78 is 15.6. The monoisotopic (exact) mass is 308 g/mol. The Morgan fingerprint density at radius 3 is 2.71 bits per heavy atom. The molecule has 0 amide bonds. The number of methoxy groups -OCH3 is 1. The number of aryl methyl sites for hydroxylation is 1. The Bertz CT molecular complexity index is 616. The zero-order valence-electron chi connectivity index (χ0n) is 12.6.